The molecule has 1 fully saturated rings. The van der Waals surface area contributed by atoms with E-state index in [1.807, 2.05) is 4.90 Å². The van der Waals surface area contributed by atoms with Gasteiger partial charge in [0.15, 0.2) is 0 Å². The second-order valence-corrected chi connectivity index (χ2v) is 7.42. The molecule has 3 amide bonds. The van der Waals surface area contributed by atoms with Crippen molar-refractivity contribution in [3.63, 3.8) is 0 Å². The van der Waals surface area contributed by atoms with E-state index in [1.165, 1.54) is 16.7 Å². The predicted octanol–water partition coefficient (Wildman–Crippen LogP) is 4.05. The zero-order chi connectivity index (χ0) is 20.8. The number of carbonyl (C=O) groups is 2. The summed E-state index contributed by atoms with van der Waals surface area (Å²) >= 11 is 0. The summed E-state index contributed by atoms with van der Waals surface area (Å²) in [6.45, 7) is 5.82. The van der Waals surface area contributed by atoms with E-state index in [-0.39, 0.29) is 18.0 Å². The van der Waals surface area contributed by atoms with Crippen molar-refractivity contribution in [2.24, 2.45) is 0 Å². The first-order valence-corrected chi connectivity index (χ1v) is 10.0. The summed E-state index contributed by atoms with van der Waals surface area (Å²) in [5, 5.41) is 5.76. The molecule has 0 aliphatic carbocycles. The van der Waals surface area contributed by atoms with Crippen LogP contribution in [0.2, 0.25) is 0 Å². The quantitative estimate of drug-likeness (QED) is 0.725. The SMILES string of the molecule is COCCNC(=O)c1cccc(NC(=O)N2CCCC2c2c(C)cccc2C)c1. The number of methoxy groups -OCH3 is 1. The molecule has 1 saturated heterocycles. The van der Waals surface area contributed by atoms with Crippen LogP contribution >= 0.6 is 0 Å². The molecule has 2 N–H and O–H groups in total. The van der Waals surface area contributed by atoms with Gasteiger partial charge in [0.05, 0.1) is 12.6 Å². The standard InChI is InChI=1S/C23H29N3O3/c1-16-7-4-8-17(2)21(16)20-11-6-13-26(20)23(28)25-19-10-5-9-18(15-19)22(27)24-12-14-29-3/h4-5,7-10,15,20H,6,11-14H2,1-3H3,(H,24,27)(H,25,28). The number of rotatable bonds is 6. The lowest BCUT2D eigenvalue weighted by molar-refractivity contribution is 0.0937. The molecule has 1 aliphatic heterocycles. The van der Waals surface area contributed by atoms with Crippen LogP contribution in [0.5, 0.6) is 0 Å². The van der Waals surface area contributed by atoms with E-state index in [0.29, 0.717) is 24.4 Å². The summed E-state index contributed by atoms with van der Waals surface area (Å²) in [5.74, 6) is -0.187. The fourth-order valence-corrected chi connectivity index (χ4v) is 3.97. The molecule has 1 atom stereocenters. The van der Waals surface area contributed by atoms with Gasteiger partial charge in [-0.25, -0.2) is 4.79 Å². The maximum atomic E-state index is 13.0. The molecule has 1 unspecified atom stereocenters. The summed E-state index contributed by atoms with van der Waals surface area (Å²) < 4.78 is 4.95. The largest absolute Gasteiger partial charge is 0.383 e. The molecular weight excluding hydrogens is 366 g/mol. The van der Waals surface area contributed by atoms with Crippen molar-refractivity contribution >= 4 is 17.6 Å². The second kappa shape index (κ2) is 9.56. The molecule has 29 heavy (non-hydrogen) atoms. The molecule has 2 aromatic rings. The maximum absolute atomic E-state index is 13.0. The number of nitrogens with one attached hydrogen (secondary N) is 2. The van der Waals surface area contributed by atoms with Gasteiger partial charge in [-0.1, -0.05) is 24.3 Å². The van der Waals surface area contributed by atoms with Crippen LogP contribution in [0.3, 0.4) is 0 Å². The van der Waals surface area contributed by atoms with Crippen LogP contribution in [0.15, 0.2) is 42.5 Å². The average Bonchev–Trinajstić information content (AvgIpc) is 3.18. The van der Waals surface area contributed by atoms with Gasteiger partial charge >= 0.3 is 6.03 Å². The van der Waals surface area contributed by atoms with Crippen LogP contribution in [0.4, 0.5) is 10.5 Å². The van der Waals surface area contributed by atoms with Gasteiger partial charge in [0, 0.05) is 31.5 Å². The van der Waals surface area contributed by atoms with Gasteiger partial charge in [-0.2, -0.15) is 0 Å². The Hall–Kier alpha value is -2.86. The highest BCUT2D eigenvalue weighted by Crippen LogP contribution is 2.36. The highest BCUT2D eigenvalue weighted by molar-refractivity contribution is 5.97. The predicted molar refractivity (Wildman–Crippen MR) is 114 cm³/mol. The molecule has 154 valence electrons. The van der Waals surface area contributed by atoms with Crippen LogP contribution in [0, 0.1) is 13.8 Å². The van der Waals surface area contributed by atoms with Crippen molar-refractivity contribution in [1.82, 2.24) is 10.2 Å². The number of hydrogen-bond donors (Lipinski definition) is 2. The Labute approximate surface area is 172 Å². The van der Waals surface area contributed by atoms with Crippen LogP contribution < -0.4 is 10.6 Å². The van der Waals surface area contributed by atoms with Crippen molar-refractivity contribution in [3.8, 4) is 0 Å². The first kappa shape index (κ1) is 20.9. The number of nitrogens with zero attached hydrogens (tertiary/aromatic N) is 1. The molecule has 6 nitrogen and oxygen atoms in total. The van der Waals surface area contributed by atoms with E-state index in [9.17, 15) is 9.59 Å². The Morgan fingerprint density at radius 3 is 2.59 bits per heavy atom. The number of anilines is 1. The van der Waals surface area contributed by atoms with E-state index in [0.717, 1.165) is 19.4 Å². The topological polar surface area (TPSA) is 70.7 Å². The van der Waals surface area contributed by atoms with Crippen LogP contribution in [0.25, 0.3) is 0 Å². The number of urea groups is 1. The number of benzene rings is 2. The summed E-state index contributed by atoms with van der Waals surface area (Å²) in [4.78, 5) is 27.2. The lowest BCUT2D eigenvalue weighted by Gasteiger charge is -2.28. The smallest absolute Gasteiger partial charge is 0.322 e. The highest BCUT2D eigenvalue weighted by atomic mass is 16.5. The Morgan fingerprint density at radius 1 is 1.14 bits per heavy atom. The molecule has 1 heterocycles. The number of amides is 3. The molecule has 0 spiro atoms. The van der Waals surface area contributed by atoms with Crippen molar-refractivity contribution in [2.75, 3.05) is 32.1 Å². The van der Waals surface area contributed by atoms with Gasteiger partial charge in [-0.15, -0.1) is 0 Å². The van der Waals surface area contributed by atoms with Gasteiger partial charge in [0.25, 0.3) is 5.91 Å². The van der Waals surface area contributed by atoms with Gasteiger partial charge in [0.2, 0.25) is 0 Å². The Kier molecular flexibility index (Phi) is 6.88. The lowest BCUT2D eigenvalue weighted by atomic mass is 9.94. The van der Waals surface area contributed by atoms with Crippen LogP contribution in [-0.4, -0.2) is 43.6 Å². The third kappa shape index (κ3) is 4.95. The van der Waals surface area contributed by atoms with Crippen molar-refractivity contribution in [1.29, 1.82) is 0 Å². The summed E-state index contributed by atoms with van der Waals surface area (Å²) in [5.41, 5.74) is 4.79. The molecule has 2 aromatic carbocycles. The van der Waals surface area contributed by atoms with Crippen molar-refractivity contribution in [2.45, 2.75) is 32.7 Å². The van der Waals surface area contributed by atoms with Crippen molar-refractivity contribution < 1.29 is 14.3 Å². The molecule has 3 rings (SSSR count). The van der Waals surface area contributed by atoms with Gasteiger partial charge < -0.3 is 20.3 Å². The summed E-state index contributed by atoms with van der Waals surface area (Å²) in [6.07, 6.45) is 1.94. The van der Waals surface area contributed by atoms with E-state index in [1.54, 1.807) is 31.4 Å². The molecule has 0 bridgehead atoms. The van der Waals surface area contributed by atoms with Gasteiger partial charge in [0.1, 0.15) is 0 Å². The number of ether oxygens (including phenoxy) is 1. The van der Waals surface area contributed by atoms with Gasteiger partial charge in [-0.05, 0) is 61.6 Å². The van der Waals surface area contributed by atoms with E-state index < -0.39 is 0 Å². The van der Waals surface area contributed by atoms with E-state index >= 15 is 0 Å². The Bertz CT molecular complexity index is 861. The van der Waals surface area contributed by atoms with Gasteiger partial charge in [-0.3, -0.25) is 4.79 Å². The first-order valence-electron chi connectivity index (χ1n) is 10.0. The Morgan fingerprint density at radius 2 is 1.86 bits per heavy atom. The molecule has 0 radical (unpaired) electrons. The zero-order valence-corrected chi connectivity index (χ0v) is 17.3. The fraction of sp³-hybridized carbons (Fsp3) is 0.391. The summed E-state index contributed by atoms with van der Waals surface area (Å²) in [6, 6.07) is 13.2. The Balaban J connectivity index is 1.71. The highest BCUT2D eigenvalue weighted by Gasteiger charge is 2.31. The molecule has 1 aliphatic rings. The lowest BCUT2D eigenvalue weighted by Crippen LogP contribution is -2.35. The van der Waals surface area contributed by atoms with E-state index in [4.69, 9.17) is 4.74 Å². The molecule has 0 aromatic heterocycles. The number of carbonyl (C=O) groups excluding carboxylic acids is 2. The van der Waals surface area contributed by atoms with Crippen molar-refractivity contribution in [3.05, 3.63) is 64.7 Å². The number of hydrogen-bond acceptors (Lipinski definition) is 3. The minimum atomic E-state index is -0.187. The van der Waals surface area contributed by atoms with Crippen LogP contribution in [0.1, 0.15) is 45.9 Å². The second-order valence-electron chi connectivity index (χ2n) is 7.42. The minimum Gasteiger partial charge on any atom is -0.383 e. The third-order valence-electron chi connectivity index (χ3n) is 5.36. The summed E-state index contributed by atoms with van der Waals surface area (Å²) in [7, 11) is 1.59. The number of aryl methyl sites for hydroxylation is 2. The van der Waals surface area contributed by atoms with E-state index in [2.05, 4.69) is 42.7 Å². The third-order valence-corrected chi connectivity index (χ3v) is 5.36. The maximum Gasteiger partial charge on any atom is 0.322 e. The molecule has 6 heteroatoms. The first-order chi connectivity index (χ1) is 14.0. The van der Waals surface area contributed by atoms with Crippen LogP contribution in [-0.2, 0) is 4.74 Å². The molecule has 0 saturated carbocycles. The average molecular weight is 396 g/mol. The molecular formula is C23H29N3O3. The number of likely N-dealkylation sites (tertiary alicyclic amines) is 1. The normalized spacial score (nSPS) is 16.0. The fourth-order valence-electron chi connectivity index (χ4n) is 3.97. The zero-order valence-electron chi connectivity index (χ0n) is 17.3. The monoisotopic (exact) mass is 395 g/mol. The minimum absolute atomic E-state index is 0.0803.